The fourth-order valence-corrected chi connectivity index (χ4v) is 3.39. The Morgan fingerprint density at radius 3 is 2.50 bits per heavy atom. The third-order valence-electron chi connectivity index (χ3n) is 4.78. The van der Waals surface area contributed by atoms with Crippen molar-refractivity contribution < 1.29 is 14.3 Å². The van der Waals surface area contributed by atoms with Crippen LogP contribution in [0.15, 0.2) is 94.6 Å². The first-order chi connectivity index (χ1) is 16.5. The molecule has 0 aliphatic heterocycles. The van der Waals surface area contributed by atoms with Gasteiger partial charge in [0.25, 0.3) is 0 Å². The normalized spacial score (nSPS) is 10.8. The molecule has 3 aromatic carbocycles. The van der Waals surface area contributed by atoms with Gasteiger partial charge in [0, 0.05) is 33.6 Å². The van der Waals surface area contributed by atoms with Crippen LogP contribution in [0.2, 0.25) is 0 Å². The van der Waals surface area contributed by atoms with Crippen LogP contribution in [-0.2, 0) is 9.59 Å². The summed E-state index contributed by atoms with van der Waals surface area (Å²) in [6.07, 6.45) is 3.26. The molecule has 9 heteroatoms. The molecule has 0 atom stereocenters. The number of hydrogen-bond donors (Lipinski definition) is 2. The van der Waals surface area contributed by atoms with Crippen molar-refractivity contribution >= 4 is 39.6 Å². The Hall–Kier alpha value is -4.24. The summed E-state index contributed by atoms with van der Waals surface area (Å²) in [6.45, 7) is 0. The van der Waals surface area contributed by atoms with E-state index in [-0.39, 0.29) is 0 Å². The van der Waals surface area contributed by atoms with E-state index in [1.165, 1.54) is 13.3 Å². The van der Waals surface area contributed by atoms with Gasteiger partial charge in [-0.05, 0) is 36.4 Å². The summed E-state index contributed by atoms with van der Waals surface area (Å²) in [5, 5.41) is 11.2. The summed E-state index contributed by atoms with van der Waals surface area (Å²) in [5.41, 5.74) is 5.79. The van der Waals surface area contributed by atoms with E-state index in [1.807, 2.05) is 54.6 Å². The Morgan fingerprint density at radius 2 is 1.76 bits per heavy atom. The maximum atomic E-state index is 12.2. The molecule has 0 unspecified atom stereocenters. The molecular formula is C25H20BrN5O3. The van der Waals surface area contributed by atoms with Crippen molar-refractivity contribution in [2.75, 3.05) is 12.4 Å². The van der Waals surface area contributed by atoms with E-state index in [0.29, 0.717) is 22.7 Å². The zero-order chi connectivity index (χ0) is 23.9. The van der Waals surface area contributed by atoms with Gasteiger partial charge in [-0.15, -0.1) is 0 Å². The zero-order valence-electron chi connectivity index (χ0n) is 18.1. The highest BCUT2D eigenvalue weighted by molar-refractivity contribution is 9.10. The number of ether oxygens (including phenoxy) is 1. The molecule has 2 N–H and O–H groups in total. The van der Waals surface area contributed by atoms with Gasteiger partial charge in [0.2, 0.25) is 0 Å². The lowest BCUT2D eigenvalue weighted by Crippen LogP contribution is -2.32. The van der Waals surface area contributed by atoms with Gasteiger partial charge in [-0.3, -0.25) is 9.59 Å². The molecular weight excluding hydrogens is 498 g/mol. The SMILES string of the molecule is COc1cccc(NC(=O)C(=O)N/N=C/c2cn(-c3ccccc3)nc2-c2ccc(Br)cc2)c1. The highest BCUT2D eigenvalue weighted by atomic mass is 79.9. The van der Waals surface area contributed by atoms with Crippen molar-refractivity contribution in [3.63, 3.8) is 0 Å². The van der Waals surface area contributed by atoms with Gasteiger partial charge in [-0.25, -0.2) is 10.1 Å². The second-order valence-electron chi connectivity index (χ2n) is 7.11. The number of hydrogen-bond acceptors (Lipinski definition) is 5. The number of amides is 2. The molecule has 4 rings (SSSR count). The number of hydrazone groups is 1. The van der Waals surface area contributed by atoms with E-state index in [0.717, 1.165) is 15.7 Å². The predicted octanol–water partition coefficient (Wildman–Crippen LogP) is 4.40. The first kappa shape index (κ1) is 22.9. The molecule has 0 aliphatic rings. The fourth-order valence-electron chi connectivity index (χ4n) is 3.13. The average Bonchev–Trinajstić information content (AvgIpc) is 3.29. The molecule has 0 spiro atoms. The van der Waals surface area contributed by atoms with Gasteiger partial charge in [0.15, 0.2) is 0 Å². The Labute approximate surface area is 204 Å². The lowest BCUT2D eigenvalue weighted by Gasteiger charge is -2.05. The fraction of sp³-hybridized carbons (Fsp3) is 0.0400. The number of benzene rings is 3. The molecule has 2 amide bonds. The Kier molecular flexibility index (Phi) is 7.14. The number of carbonyl (C=O) groups is 2. The van der Waals surface area contributed by atoms with Gasteiger partial charge >= 0.3 is 11.8 Å². The van der Waals surface area contributed by atoms with Crippen LogP contribution in [-0.4, -0.2) is 34.9 Å². The summed E-state index contributed by atoms with van der Waals surface area (Å²) in [7, 11) is 1.52. The lowest BCUT2D eigenvalue weighted by atomic mass is 10.1. The van der Waals surface area contributed by atoms with Gasteiger partial charge in [0.05, 0.1) is 19.0 Å². The molecule has 0 radical (unpaired) electrons. The lowest BCUT2D eigenvalue weighted by molar-refractivity contribution is -0.136. The molecule has 0 aliphatic carbocycles. The van der Waals surface area contributed by atoms with Crippen molar-refractivity contribution in [1.82, 2.24) is 15.2 Å². The van der Waals surface area contributed by atoms with Crippen LogP contribution in [0.3, 0.4) is 0 Å². The number of carbonyl (C=O) groups excluding carboxylic acids is 2. The van der Waals surface area contributed by atoms with E-state index in [9.17, 15) is 9.59 Å². The quantitative estimate of drug-likeness (QED) is 0.225. The van der Waals surface area contributed by atoms with Crippen molar-refractivity contribution in [1.29, 1.82) is 0 Å². The van der Waals surface area contributed by atoms with E-state index in [4.69, 9.17) is 9.84 Å². The van der Waals surface area contributed by atoms with Gasteiger partial charge in [0.1, 0.15) is 11.4 Å². The van der Waals surface area contributed by atoms with Crippen LogP contribution in [0.25, 0.3) is 16.9 Å². The molecule has 1 aromatic heterocycles. The molecule has 8 nitrogen and oxygen atoms in total. The predicted molar refractivity (Wildman–Crippen MR) is 134 cm³/mol. The second kappa shape index (κ2) is 10.6. The Balaban J connectivity index is 1.52. The highest BCUT2D eigenvalue weighted by Gasteiger charge is 2.14. The largest absolute Gasteiger partial charge is 0.497 e. The van der Waals surface area contributed by atoms with Gasteiger partial charge < -0.3 is 10.1 Å². The summed E-state index contributed by atoms with van der Waals surface area (Å²) in [5.74, 6) is -1.19. The average molecular weight is 518 g/mol. The molecule has 170 valence electrons. The number of rotatable bonds is 6. The third-order valence-corrected chi connectivity index (χ3v) is 5.31. The number of aromatic nitrogens is 2. The highest BCUT2D eigenvalue weighted by Crippen LogP contribution is 2.24. The molecule has 0 bridgehead atoms. The molecule has 0 saturated carbocycles. The minimum Gasteiger partial charge on any atom is -0.497 e. The van der Waals surface area contributed by atoms with Crippen LogP contribution in [0.1, 0.15) is 5.56 Å². The molecule has 34 heavy (non-hydrogen) atoms. The monoisotopic (exact) mass is 517 g/mol. The van der Waals surface area contributed by atoms with Crippen LogP contribution in [0, 0.1) is 0 Å². The van der Waals surface area contributed by atoms with E-state index in [1.54, 1.807) is 35.1 Å². The number of anilines is 1. The third kappa shape index (κ3) is 5.57. The molecule has 0 fully saturated rings. The molecule has 1 heterocycles. The van der Waals surface area contributed by atoms with Gasteiger partial charge in [-0.1, -0.05) is 52.3 Å². The maximum absolute atomic E-state index is 12.2. The van der Waals surface area contributed by atoms with E-state index >= 15 is 0 Å². The van der Waals surface area contributed by atoms with Crippen LogP contribution in [0.4, 0.5) is 5.69 Å². The zero-order valence-corrected chi connectivity index (χ0v) is 19.7. The minimum absolute atomic E-state index is 0.435. The van der Waals surface area contributed by atoms with Gasteiger partial charge in [-0.2, -0.15) is 10.2 Å². The number of methoxy groups -OCH3 is 1. The van der Waals surface area contributed by atoms with Crippen molar-refractivity contribution in [3.05, 3.63) is 95.1 Å². The Morgan fingerprint density at radius 1 is 1.00 bits per heavy atom. The van der Waals surface area contributed by atoms with Crippen LogP contribution >= 0.6 is 15.9 Å². The number of halogens is 1. The summed E-state index contributed by atoms with van der Waals surface area (Å²) >= 11 is 3.44. The van der Waals surface area contributed by atoms with Crippen molar-refractivity contribution in [3.8, 4) is 22.7 Å². The van der Waals surface area contributed by atoms with E-state index in [2.05, 4.69) is 31.8 Å². The van der Waals surface area contributed by atoms with Crippen molar-refractivity contribution in [2.45, 2.75) is 0 Å². The first-order valence-corrected chi connectivity index (χ1v) is 11.0. The maximum Gasteiger partial charge on any atom is 0.329 e. The smallest absolute Gasteiger partial charge is 0.329 e. The number of para-hydroxylation sites is 1. The first-order valence-electron chi connectivity index (χ1n) is 10.2. The van der Waals surface area contributed by atoms with Crippen LogP contribution in [0.5, 0.6) is 5.75 Å². The molecule has 4 aromatic rings. The summed E-state index contributed by atoms with van der Waals surface area (Å²) in [4.78, 5) is 24.4. The number of nitrogens with zero attached hydrogens (tertiary/aromatic N) is 3. The summed E-state index contributed by atoms with van der Waals surface area (Å²) < 4.78 is 7.79. The minimum atomic E-state index is -0.903. The summed E-state index contributed by atoms with van der Waals surface area (Å²) in [6, 6.07) is 24.0. The molecule has 0 saturated heterocycles. The van der Waals surface area contributed by atoms with E-state index < -0.39 is 11.8 Å². The topological polar surface area (TPSA) is 97.6 Å². The number of nitrogens with one attached hydrogen (secondary N) is 2. The Bertz CT molecular complexity index is 1330. The second-order valence-corrected chi connectivity index (χ2v) is 8.02. The standard InChI is InChI=1S/C25H20BrN5O3/c1-34-22-9-5-6-20(14-22)28-24(32)25(33)29-27-15-18-16-31(21-7-3-2-4-8-21)30-23(18)17-10-12-19(26)13-11-17/h2-16H,1H3,(H,28,32)(H,29,33)/b27-15+. The van der Waals surface area contributed by atoms with Crippen molar-refractivity contribution in [2.24, 2.45) is 5.10 Å². The van der Waals surface area contributed by atoms with Crippen LogP contribution < -0.4 is 15.5 Å².